The number of aromatic nitrogens is 2. The first-order valence-corrected chi connectivity index (χ1v) is 15.4. The molecule has 2 heterocycles. The lowest BCUT2D eigenvalue weighted by atomic mass is 10.1. The number of amides is 3. The molecule has 0 saturated carbocycles. The standard InChI is InChI=1S/C33H45N7O6/c1-22(2)40(32(44)46-33(4,5)6)16-15-34-28(41)20-38(21-29(42)37(8)39-18-25-11-9-10-12-26(25)19-39)27-14-13-24(17-23(27)3)30-35-36(7)31(43)45-30/h9-14,17,22H,15-16,18-21H2,1-8H3,(H,34,41). The van der Waals surface area contributed by atoms with Crippen molar-refractivity contribution in [2.45, 2.75) is 66.3 Å². The third kappa shape index (κ3) is 8.53. The van der Waals surface area contributed by atoms with E-state index in [0.29, 0.717) is 24.3 Å². The molecule has 0 radical (unpaired) electrons. The number of hydrogen-bond donors (Lipinski definition) is 1. The number of rotatable bonds is 11. The molecule has 2 aromatic carbocycles. The summed E-state index contributed by atoms with van der Waals surface area (Å²) in [6, 6.07) is 13.3. The molecule has 0 saturated heterocycles. The number of carbonyl (C=O) groups is 3. The minimum absolute atomic E-state index is 0.0638. The Bertz CT molecular complexity index is 1600. The first kappa shape index (κ1) is 34.2. The van der Waals surface area contributed by atoms with Gasteiger partial charge in [0.1, 0.15) is 5.60 Å². The molecule has 0 atom stereocenters. The van der Waals surface area contributed by atoms with Crippen molar-refractivity contribution >= 4 is 23.6 Å². The molecule has 1 aromatic heterocycles. The molecule has 0 unspecified atom stereocenters. The normalized spacial score (nSPS) is 13.0. The fourth-order valence-electron chi connectivity index (χ4n) is 5.21. The lowest BCUT2D eigenvalue weighted by Gasteiger charge is -2.32. The zero-order valence-corrected chi connectivity index (χ0v) is 28.0. The van der Waals surface area contributed by atoms with E-state index in [0.717, 1.165) is 10.2 Å². The lowest BCUT2D eigenvalue weighted by molar-refractivity contribution is -0.145. The Balaban J connectivity index is 1.49. The summed E-state index contributed by atoms with van der Waals surface area (Å²) >= 11 is 0. The van der Waals surface area contributed by atoms with Crippen molar-refractivity contribution in [3.05, 3.63) is 69.7 Å². The van der Waals surface area contributed by atoms with E-state index in [1.807, 2.05) is 58.7 Å². The zero-order valence-electron chi connectivity index (χ0n) is 28.0. The van der Waals surface area contributed by atoms with Crippen LogP contribution in [-0.2, 0) is 34.5 Å². The predicted molar refractivity (Wildman–Crippen MR) is 174 cm³/mol. The zero-order chi connectivity index (χ0) is 33.8. The Morgan fingerprint density at radius 2 is 1.72 bits per heavy atom. The van der Waals surface area contributed by atoms with Crippen molar-refractivity contribution in [1.82, 2.24) is 30.0 Å². The number of fused-ring (bicyclic) bond motifs is 1. The van der Waals surface area contributed by atoms with Crippen LogP contribution in [0.2, 0.25) is 0 Å². The van der Waals surface area contributed by atoms with E-state index in [-0.39, 0.29) is 49.9 Å². The molecular weight excluding hydrogens is 590 g/mol. The Kier molecular flexibility index (Phi) is 10.6. The predicted octanol–water partition coefficient (Wildman–Crippen LogP) is 3.31. The number of hydrogen-bond acceptors (Lipinski definition) is 9. The van der Waals surface area contributed by atoms with E-state index >= 15 is 0 Å². The van der Waals surface area contributed by atoms with Crippen molar-refractivity contribution in [3.8, 4) is 11.5 Å². The summed E-state index contributed by atoms with van der Waals surface area (Å²) in [6.45, 7) is 12.6. The van der Waals surface area contributed by atoms with Crippen LogP contribution < -0.4 is 16.0 Å². The van der Waals surface area contributed by atoms with Gasteiger partial charge in [0.2, 0.25) is 11.8 Å². The van der Waals surface area contributed by atoms with Gasteiger partial charge in [-0.2, -0.15) is 4.68 Å². The van der Waals surface area contributed by atoms with Crippen molar-refractivity contribution in [1.29, 1.82) is 0 Å². The fraction of sp³-hybridized carbons (Fsp3) is 0.485. The third-order valence-electron chi connectivity index (χ3n) is 7.67. The molecule has 1 N–H and O–H groups in total. The van der Waals surface area contributed by atoms with E-state index in [2.05, 4.69) is 22.5 Å². The Labute approximate surface area is 269 Å². The molecule has 0 fully saturated rings. The second kappa shape index (κ2) is 14.2. The number of aryl methyl sites for hydroxylation is 2. The Hall–Kier alpha value is -4.65. The molecule has 1 aliphatic heterocycles. The molecule has 4 rings (SSSR count). The van der Waals surface area contributed by atoms with Gasteiger partial charge in [-0.1, -0.05) is 24.3 Å². The van der Waals surface area contributed by atoms with Crippen molar-refractivity contribution in [3.63, 3.8) is 0 Å². The third-order valence-corrected chi connectivity index (χ3v) is 7.67. The number of ether oxygens (including phenoxy) is 1. The highest BCUT2D eigenvalue weighted by atomic mass is 16.6. The van der Waals surface area contributed by atoms with Crippen LogP contribution in [0.25, 0.3) is 11.5 Å². The van der Waals surface area contributed by atoms with E-state index in [1.165, 1.54) is 18.2 Å². The fourth-order valence-corrected chi connectivity index (χ4v) is 5.21. The number of nitrogens with zero attached hydrogens (tertiary/aromatic N) is 6. The first-order valence-electron chi connectivity index (χ1n) is 15.4. The van der Waals surface area contributed by atoms with Crippen molar-refractivity contribution in [2.24, 2.45) is 7.05 Å². The minimum Gasteiger partial charge on any atom is -0.444 e. The van der Waals surface area contributed by atoms with E-state index < -0.39 is 17.5 Å². The molecule has 13 nitrogen and oxygen atoms in total. The van der Waals surface area contributed by atoms with Gasteiger partial charge in [-0.05, 0) is 76.4 Å². The second-order valence-corrected chi connectivity index (χ2v) is 12.8. The molecule has 13 heteroatoms. The molecule has 0 bridgehead atoms. The van der Waals surface area contributed by atoms with Gasteiger partial charge in [0, 0.05) is 57.6 Å². The van der Waals surface area contributed by atoms with Crippen LogP contribution in [0.5, 0.6) is 0 Å². The second-order valence-electron chi connectivity index (χ2n) is 12.8. The summed E-state index contributed by atoms with van der Waals surface area (Å²) < 4.78 is 11.9. The Morgan fingerprint density at radius 1 is 1.07 bits per heavy atom. The maximum Gasteiger partial charge on any atom is 0.437 e. The SMILES string of the molecule is Cc1cc(-c2nn(C)c(=O)o2)ccc1N(CC(=O)NCCN(C(=O)OC(C)(C)C)C(C)C)CC(=O)N(C)N1Cc2ccccc2C1. The Morgan fingerprint density at radius 3 is 2.26 bits per heavy atom. The van der Waals surface area contributed by atoms with Gasteiger partial charge >= 0.3 is 11.8 Å². The summed E-state index contributed by atoms with van der Waals surface area (Å²) in [4.78, 5) is 54.7. The summed E-state index contributed by atoms with van der Waals surface area (Å²) in [7, 11) is 3.24. The average molecular weight is 636 g/mol. The summed E-state index contributed by atoms with van der Waals surface area (Å²) in [5.41, 5.74) is 3.74. The van der Waals surface area contributed by atoms with Crippen LogP contribution in [0.15, 0.2) is 51.7 Å². The average Bonchev–Trinajstić information content (AvgIpc) is 3.56. The van der Waals surface area contributed by atoms with E-state index in [1.54, 1.807) is 40.1 Å². The van der Waals surface area contributed by atoms with Crippen LogP contribution in [-0.4, -0.2) is 87.5 Å². The van der Waals surface area contributed by atoms with Crippen molar-refractivity contribution < 1.29 is 23.5 Å². The smallest absolute Gasteiger partial charge is 0.437 e. The summed E-state index contributed by atoms with van der Waals surface area (Å²) in [6.07, 6.45) is -0.449. The quantitative estimate of drug-likeness (QED) is 0.337. The van der Waals surface area contributed by atoms with E-state index in [9.17, 15) is 19.2 Å². The molecule has 0 aliphatic carbocycles. The minimum atomic E-state index is -0.638. The number of benzene rings is 2. The van der Waals surface area contributed by atoms with Gasteiger partial charge in [0.15, 0.2) is 0 Å². The molecule has 3 amide bonds. The van der Waals surface area contributed by atoms with Gasteiger partial charge in [-0.25, -0.2) is 14.6 Å². The maximum absolute atomic E-state index is 13.6. The number of likely N-dealkylation sites (N-methyl/N-ethyl adjacent to an activating group) is 1. The maximum atomic E-state index is 13.6. The molecular formula is C33H45N7O6. The topological polar surface area (TPSA) is 133 Å². The van der Waals surface area contributed by atoms with Crippen LogP contribution in [0.1, 0.15) is 51.3 Å². The number of hydrazine groups is 1. The van der Waals surface area contributed by atoms with Gasteiger partial charge in [-0.15, -0.1) is 5.10 Å². The largest absolute Gasteiger partial charge is 0.444 e. The highest BCUT2D eigenvalue weighted by Crippen LogP contribution is 2.27. The number of carbonyl (C=O) groups excluding carboxylic acids is 3. The van der Waals surface area contributed by atoms with Gasteiger partial charge < -0.3 is 24.3 Å². The van der Waals surface area contributed by atoms with Crippen LogP contribution in [0.3, 0.4) is 0 Å². The van der Waals surface area contributed by atoms with E-state index in [4.69, 9.17) is 9.15 Å². The number of nitrogens with one attached hydrogen (secondary N) is 1. The van der Waals surface area contributed by atoms with Crippen LogP contribution in [0, 0.1) is 6.92 Å². The van der Waals surface area contributed by atoms with Crippen molar-refractivity contribution in [2.75, 3.05) is 38.1 Å². The summed E-state index contributed by atoms with van der Waals surface area (Å²) in [5, 5.41) is 10.6. The highest BCUT2D eigenvalue weighted by molar-refractivity contribution is 5.87. The summed E-state index contributed by atoms with van der Waals surface area (Å²) in [5.74, 6) is -0.891. The van der Waals surface area contributed by atoms with Gasteiger partial charge in [0.25, 0.3) is 5.91 Å². The monoisotopic (exact) mass is 635 g/mol. The molecule has 1 aliphatic rings. The molecule has 3 aromatic rings. The molecule has 0 spiro atoms. The molecule has 248 valence electrons. The number of anilines is 1. The highest BCUT2D eigenvalue weighted by Gasteiger charge is 2.28. The van der Waals surface area contributed by atoms with Crippen LogP contribution >= 0.6 is 0 Å². The van der Waals surface area contributed by atoms with Crippen LogP contribution in [0.4, 0.5) is 10.5 Å². The first-order chi connectivity index (χ1) is 21.6. The van der Waals surface area contributed by atoms with Gasteiger partial charge in [-0.3, -0.25) is 14.6 Å². The van der Waals surface area contributed by atoms with Gasteiger partial charge in [0.05, 0.1) is 13.1 Å². The molecule has 46 heavy (non-hydrogen) atoms. The lowest BCUT2D eigenvalue weighted by Crippen LogP contribution is -2.49.